The molecular formula is C33H35F3N6O4S. The monoisotopic (exact) mass is 668 g/mol. The number of urea groups is 1. The molecule has 1 aromatic heterocycles. The Hall–Kier alpha value is -4.27. The van der Waals surface area contributed by atoms with E-state index in [4.69, 9.17) is 4.42 Å². The highest BCUT2D eigenvalue weighted by atomic mass is 32.2. The van der Waals surface area contributed by atoms with Gasteiger partial charge in [-0.15, -0.1) is 10.2 Å². The van der Waals surface area contributed by atoms with E-state index < -0.39 is 34.0 Å². The Labute approximate surface area is 271 Å². The predicted molar refractivity (Wildman–Crippen MR) is 170 cm³/mol. The maximum atomic E-state index is 15.4. The Morgan fingerprint density at radius 2 is 1.45 bits per heavy atom. The number of rotatable bonds is 9. The number of halogens is 3. The zero-order valence-corrected chi connectivity index (χ0v) is 26.5. The minimum absolute atomic E-state index is 0.0387. The van der Waals surface area contributed by atoms with Crippen LogP contribution in [0.25, 0.3) is 11.5 Å². The summed E-state index contributed by atoms with van der Waals surface area (Å²) in [5, 5.41) is 6.85. The number of carbonyl (C=O) groups is 1. The van der Waals surface area contributed by atoms with Crippen LogP contribution >= 0.6 is 0 Å². The largest absolute Gasteiger partial charge is 0.415 e. The second-order valence-corrected chi connectivity index (χ2v) is 14.1. The van der Waals surface area contributed by atoms with Crippen molar-refractivity contribution in [2.75, 3.05) is 55.7 Å². The summed E-state index contributed by atoms with van der Waals surface area (Å²) in [6.45, 7) is 5.39. The highest BCUT2D eigenvalue weighted by Crippen LogP contribution is 2.27. The van der Waals surface area contributed by atoms with Crippen molar-refractivity contribution in [3.63, 3.8) is 0 Å². The molecule has 0 unspecified atom stereocenters. The molecule has 2 aliphatic rings. The van der Waals surface area contributed by atoms with Crippen molar-refractivity contribution in [2.24, 2.45) is 0 Å². The third-order valence-electron chi connectivity index (χ3n) is 8.47. The molecule has 2 aliphatic heterocycles. The molecule has 10 nitrogen and oxygen atoms in total. The summed E-state index contributed by atoms with van der Waals surface area (Å²) in [6, 6.07) is 21.5. The molecule has 6 rings (SSSR count). The molecule has 0 bridgehead atoms. The van der Waals surface area contributed by atoms with E-state index in [1.807, 2.05) is 30.3 Å². The summed E-state index contributed by atoms with van der Waals surface area (Å²) in [4.78, 5) is 21.5. The van der Waals surface area contributed by atoms with Crippen LogP contribution in [0.4, 0.5) is 23.7 Å². The van der Waals surface area contributed by atoms with Crippen molar-refractivity contribution in [3.05, 3.63) is 101 Å². The van der Waals surface area contributed by atoms with Crippen molar-refractivity contribution in [1.29, 1.82) is 0 Å². The van der Waals surface area contributed by atoms with Gasteiger partial charge in [0.2, 0.25) is 5.89 Å². The minimum atomic E-state index is -3.23. The quantitative estimate of drug-likeness (QED) is 0.246. The Bertz CT molecular complexity index is 1770. The van der Waals surface area contributed by atoms with Gasteiger partial charge in [0.15, 0.2) is 9.84 Å². The molecule has 248 valence electrons. The van der Waals surface area contributed by atoms with E-state index in [1.165, 1.54) is 27.5 Å². The number of benzene rings is 3. The molecule has 0 atom stereocenters. The maximum absolute atomic E-state index is 15.4. The topological polar surface area (TPSA) is 103 Å². The molecule has 0 spiro atoms. The third kappa shape index (κ3) is 8.18. The fourth-order valence-electron chi connectivity index (χ4n) is 5.75. The molecule has 3 aromatic carbocycles. The van der Waals surface area contributed by atoms with Crippen LogP contribution < -0.4 is 4.90 Å². The summed E-state index contributed by atoms with van der Waals surface area (Å²) < 4.78 is 70.1. The Balaban J connectivity index is 1.15. The SMILES string of the molecule is O=C(N1CCS(=O)(=O)CC1)N(Cc1ccc(-c2nnc(C(F)F)o2)cc1F)c1ccc(CN2CCN(Cc3ccccc3)CC2)cc1. The van der Waals surface area contributed by atoms with Crippen LogP contribution in [0, 0.1) is 5.82 Å². The molecule has 14 heteroatoms. The second kappa shape index (κ2) is 14.2. The van der Waals surface area contributed by atoms with Crippen molar-refractivity contribution in [1.82, 2.24) is 24.9 Å². The van der Waals surface area contributed by atoms with Gasteiger partial charge in [-0.1, -0.05) is 48.5 Å². The number of sulfone groups is 1. The predicted octanol–water partition coefficient (Wildman–Crippen LogP) is 4.99. The number of alkyl halides is 2. The standard InChI is InChI=1S/C33H35F3N6O4S/c34-29-20-26(31-37-38-32(46-31)30(35)36)8-9-27(29)23-42(33(43)41-16-18-47(44,45)19-17-41)28-10-6-25(7-11-28)22-40-14-12-39(13-15-40)21-24-4-2-1-3-5-24/h1-11,20,30H,12-19,21-23H2. The van der Waals surface area contributed by atoms with Gasteiger partial charge in [-0.25, -0.2) is 17.6 Å². The second-order valence-electron chi connectivity index (χ2n) is 11.8. The number of aromatic nitrogens is 2. The van der Waals surface area contributed by atoms with E-state index in [1.54, 1.807) is 0 Å². The summed E-state index contributed by atoms with van der Waals surface area (Å²) >= 11 is 0. The van der Waals surface area contributed by atoms with Gasteiger partial charge in [-0.3, -0.25) is 14.7 Å². The minimum Gasteiger partial charge on any atom is -0.415 e. The number of hydrogen-bond acceptors (Lipinski definition) is 8. The first kappa shape index (κ1) is 32.7. The van der Waals surface area contributed by atoms with E-state index in [0.29, 0.717) is 5.69 Å². The van der Waals surface area contributed by atoms with Crippen LogP contribution in [0.3, 0.4) is 0 Å². The smallest absolute Gasteiger partial charge is 0.324 e. The molecular weight excluding hydrogens is 633 g/mol. The van der Waals surface area contributed by atoms with E-state index in [2.05, 4.69) is 44.3 Å². The fraction of sp³-hybridized carbons (Fsp3) is 0.364. The van der Waals surface area contributed by atoms with Crippen LogP contribution in [-0.4, -0.2) is 90.1 Å². The lowest BCUT2D eigenvalue weighted by molar-refractivity contribution is 0.116. The molecule has 0 radical (unpaired) electrons. The van der Waals surface area contributed by atoms with Gasteiger partial charge in [0.1, 0.15) is 5.82 Å². The van der Waals surface area contributed by atoms with Crippen LogP contribution in [0.1, 0.15) is 29.0 Å². The summed E-state index contributed by atoms with van der Waals surface area (Å²) in [5.41, 5.74) is 3.18. The van der Waals surface area contributed by atoms with Gasteiger partial charge in [0, 0.05) is 69.2 Å². The summed E-state index contributed by atoms with van der Waals surface area (Å²) in [6.07, 6.45) is -2.95. The number of anilines is 1. The first-order valence-corrected chi connectivity index (χ1v) is 17.2. The van der Waals surface area contributed by atoms with Gasteiger partial charge in [0.25, 0.3) is 5.89 Å². The van der Waals surface area contributed by atoms with Crippen LogP contribution in [-0.2, 0) is 29.5 Å². The number of carbonyl (C=O) groups excluding carboxylic acids is 1. The number of nitrogens with zero attached hydrogens (tertiary/aromatic N) is 6. The zero-order valence-electron chi connectivity index (χ0n) is 25.6. The van der Waals surface area contributed by atoms with E-state index in [-0.39, 0.29) is 48.2 Å². The van der Waals surface area contributed by atoms with Crippen molar-refractivity contribution in [3.8, 4) is 11.5 Å². The molecule has 2 amide bonds. The molecule has 3 heterocycles. The Kier molecular flexibility index (Phi) is 9.89. The number of piperazine rings is 1. The molecule has 0 N–H and O–H groups in total. The Morgan fingerprint density at radius 3 is 2.02 bits per heavy atom. The third-order valence-corrected chi connectivity index (χ3v) is 10.1. The lowest BCUT2D eigenvalue weighted by Gasteiger charge is -2.35. The summed E-state index contributed by atoms with van der Waals surface area (Å²) in [5.74, 6) is -2.09. The number of hydrogen-bond donors (Lipinski definition) is 0. The van der Waals surface area contributed by atoms with Crippen molar-refractivity contribution >= 4 is 21.6 Å². The summed E-state index contributed by atoms with van der Waals surface area (Å²) in [7, 11) is -3.23. The van der Waals surface area contributed by atoms with Crippen LogP contribution in [0.15, 0.2) is 77.2 Å². The van der Waals surface area contributed by atoms with Crippen molar-refractivity contribution in [2.45, 2.75) is 26.1 Å². The lowest BCUT2D eigenvalue weighted by atomic mass is 10.1. The maximum Gasteiger partial charge on any atom is 0.324 e. The average molecular weight is 669 g/mol. The molecule has 4 aromatic rings. The number of amides is 2. The molecule has 0 aliphatic carbocycles. The van der Waals surface area contributed by atoms with Gasteiger partial charge >= 0.3 is 12.5 Å². The van der Waals surface area contributed by atoms with E-state index >= 15 is 4.39 Å². The van der Waals surface area contributed by atoms with E-state index in [9.17, 15) is 22.0 Å². The zero-order chi connectivity index (χ0) is 33.0. The van der Waals surface area contributed by atoms with Crippen LogP contribution in [0.2, 0.25) is 0 Å². The first-order valence-electron chi connectivity index (χ1n) is 15.4. The van der Waals surface area contributed by atoms with Gasteiger partial charge in [0.05, 0.1) is 18.1 Å². The van der Waals surface area contributed by atoms with Gasteiger partial charge in [-0.05, 0) is 35.4 Å². The lowest BCUT2D eigenvalue weighted by Crippen LogP contribution is -2.49. The molecule has 47 heavy (non-hydrogen) atoms. The first-order chi connectivity index (χ1) is 22.6. The van der Waals surface area contributed by atoms with Gasteiger partial charge < -0.3 is 9.32 Å². The normalized spacial score (nSPS) is 17.2. The highest BCUT2D eigenvalue weighted by molar-refractivity contribution is 7.91. The Morgan fingerprint density at radius 1 is 0.830 bits per heavy atom. The van der Waals surface area contributed by atoms with Crippen molar-refractivity contribution < 1.29 is 30.8 Å². The molecule has 2 fully saturated rings. The fourth-order valence-corrected chi connectivity index (χ4v) is 6.95. The average Bonchev–Trinajstić information content (AvgIpc) is 3.57. The van der Waals surface area contributed by atoms with Crippen LogP contribution in [0.5, 0.6) is 0 Å². The van der Waals surface area contributed by atoms with Gasteiger partial charge in [-0.2, -0.15) is 8.78 Å². The molecule has 2 saturated heterocycles. The highest BCUT2D eigenvalue weighted by Gasteiger charge is 2.30. The molecule has 0 saturated carbocycles. The van der Waals surface area contributed by atoms with E-state index in [0.717, 1.165) is 50.9 Å².